The van der Waals surface area contributed by atoms with Crippen LogP contribution in [0.4, 0.5) is 0 Å². The fourth-order valence-electron chi connectivity index (χ4n) is 2.76. The highest BCUT2D eigenvalue weighted by molar-refractivity contribution is 6.07. The largest absolute Gasteiger partial charge is 0.350 e. The molecule has 0 radical (unpaired) electrons. The van der Waals surface area contributed by atoms with Crippen molar-refractivity contribution in [1.82, 2.24) is 10.6 Å². The van der Waals surface area contributed by atoms with E-state index in [0.717, 1.165) is 16.3 Å². The van der Waals surface area contributed by atoms with Gasteiger partial charge in [-0.3, -0.25) is 9.59 Å². The standard InChI is InChI=1S/C21H20N2O2/c1-15-6-4-9-17(14-15)20(24)22-12-13-23-21(25)19-11-5-8-16-7-2-3-10-18(16)19/h2-11,14H,12-13H2,1H3,(H,22,24)(H,23,25). The normalized spacial score (nSPS) is 10.4. The number of hydrogen-bond donors (Lipinski definition) is 2. The summed E-state index contributed by atoms with van der Waals surface area (Å²) in [6.07, 6.45) is 0. The van der Waals surface area contributed by atoms with Gasteiger partial charge in [-0.15, -0.1) is 0 Å². The lowest BCUT2D eigenvalue weighted by Gasteiger charge is -2.09. The van der Waals surface area contributed by atoms with Crippen molar-refractivity contribution < 1.29 is 9.59 Å². The lowest BCUT2D eigenvalue weighted by Crippen LogP contribution is -2.34. The number of fused-ring (bicyclic) bond motifs is 1. The molecule has 25 heavy (non-hydrogen) atoms. The van der Waals surface area contributed by atoms with Gasteiger partial charge in [0.25, 0.3) is 11.8 Å². The summed E-state index contributed by atoms with van der Waals surface area (Å²) in [5, 5.41) is 7.63. The van der Waals surface area contributed by atoms with E-state index in [1.54, 1.807) is 6.07 Å². The van der Waals surface area contributed by atoms with Crippen molar-refractivity contribution in [2.75, 3.05) is 13.1 Å². The van der Waals surface area contributed by atoms with Crippen molar-refractivity contribution in [3.05, 3.63) is 83.4 Å². The van der Waals surface area contributed by atoms with E-state index < -0.39 is 0 Å². The molecule has 0 saturated carbocycles. The van der Waals surface area contributed by atoms with E-state index in [1.807, 2.05) is 67.6 Å². The fourth-order valence-corrected chi connectivity index (χ4v) is 2.76. The van der Waals surface area contributed by atoms with Crippen LogP contribution in [0, 0.1) is 6.92 Å². The first-order chi connectivity index (χ1) is 12.1. The van der Waals surface area contributed by atoms with Gasteiger partial charge in [0.2, 0.25) is 0 Å². The summed E-state index contributed by atoms with van der Waals surface area (Å²) in [5.74, 6) is -0.273. The number of carbonyl (C=O) groups excluding carboxylic acids is 2. The molecule has 0 bridgehead atoms. The molecule has 0 spiro atoms. The Morgan fingerprint density at radius 2 is 1.48 bits per heavy atom. The van der Waals surface area contributed by atoms with Gasteiger partial charge in [0, 0.05) is 24.2 Å². The third-order valence-corrected chi connectivity index (χ3v) is 4.01. The van der Waals surface area contributed by atoms with Crippen LogP contribution in [0.2, 0.25) is 0 Å². The first-order valence-corrected chi connectivity index (χ1v) is 8.26. The molecule has 0 saturated heterocycles. The van der Waals surface area contributed by atoms with Crippen molar-refractivity contribution in [3.8, 4) is 0 Å². The van der Waals surface area contributed by atoms with Gasteiger partial charge in [-0.2, -0.15) is 0 Å². The molecule has 0 aliphatic rings. The summed E-state index contributed by atoms with van der Waals surface area (Å²) in [6, 6.07) is 20.9. The Morgan fingerprint density at radius 3 is 2.28 bits per heavy atom. The zero-order valence-electron chi connectivity index (χ0n) is 14.1. The average molecular weight is 332 g/mol. The molecule has 3 aromatic rings. The number of rotatable bonds is 5. The van der Waals surface area contributed by atoms with Gasteiger partial charge in [0.15, 0.2) is 0 Å². The summed E-state index contributed by atoms with van der Waals surface area (Å²) in [6.45, 7) is 2.70. The third-order valence-electron chi connectivity index (χ3n) is 4.01. The van der Waals surface area contributed by atoms with E-state index in [4.69, 9.17) is 0 Å². The van der Waals surface area contributed by atoms with E-state index in [0.29, 0.717) is 24.2 Å². The monoisotopic (exact) mass is 332 g/mol. The summed E-state index contributed by atoms with van der Waals surface area (Å²) >= 11 is 0. The second kappa shape index (κ2) is 7.62. The summed E-state index contributed by atoms with van der Waals surface area (Å²) < 4.78 is 0. The predicted molar refractivity (Wildman–Crippen MR) is 99.8 cm³/mol. The van der Waals surface area contributed by atoms with Crippen LogP contribution in [0.15, 0.2) is 66.7 Å². The van der Waals surface area contributed by atoms with Crippen LogP contribution in [0.1, 0.15) is 26.3 Å². The molecule has 4 nitrogen and oxygen atoms in total. The van der Waals surface area contributed by atoms with Crippen molar-refractivity contribution in [1.29, 1.82) is 0 Å². The fraction of sp³-hybridized carbons (Fsp3) is 0.143. The molecule has 0 aliphatic carbocycles. The molecule has 0 aromatic heterocycles. The van der Waals surface area contributed by atoms with Gasteiger partial charge in [0.1, 0.15) is 0 Å². The summed E-state index contributed by atoms with van der Waals surface area (Å²) in [4.78, 5) is 24.5. The number of carbonyl (C=O) groups is 2. The minimum atomic E-state index is -0.137. The number of hydrogen-bond acceptors (Lipinski definition) is 2. The van der Waals surface area contributed by atoms with Gasteiger partial charge >= 0.3 is 0 Å². The maximum atomic E-state index is 12.4. The third kappa shape index (κ3) is 4.04. The summed E-state index contributed by atoms with van der Waals surface area (Å²) in [5.41, 5.74) is 2.31. The molecule has 3 rings (SSSR count). The predicted octanol–water partition coefficient (Wildman–Crippen LogP) is 3.31. The maximum absolute atomic E-state index is 12.4. The number of nitrogens with one attached hydrogen (secondary N) is 2. The molecule has 3 aromatic carbocycles. The van der Waals surface area contributed by atoms with E-state index in [-0.39, 0.29) is 11.8 Å². The highest BCUT2D eigenvalue weighted by atomic mass is 16.2. The molecule has 0 atom stereocenters. The number of aryl methyl sites for hydroxylation is 1. The quantitative estimate of drug-likeness (QED) is 0.704. The molecule has 126 valence electrons. The van der Waals surface area contributed by atoms with Crippen LogP contribution in [-0.4, -0.2) is 24.9 Å². The van der Waals surface area contributed by atoms with Crippen LogP contribution < -0.4 is 10.6 Å². The van der Waals surface area contributed by atoms with Gasteiger partial charge in [0.05, 0.1) is 0 Å². The van der Waals surface area contributed by atoms with Crippen LogP contribution >= 0.6 is 0 Å². The average Bonchev–Trinajstić information content (AvgIpc) is 2.64. The molecular weight excluding hydrogens is 312 g/mol. The smallest absolute Gasteiger partial charge is 0.251 e. The Bertz CT molecular complexity index is 913. The minimum absolute atomic E-state index is 0.136. The van der Waals surface area contributed by atoms with Crippen molar-refractivity contribution in [2.24, 2.45) is 0 Å². The van der Waals surface area contributed by atoms with Crippen molar-refractivity contribution >= 4 is 22.6 Å². The van der Waals surface area contributed by atoms with Crippen molar-refractivity contribution in [2.45, 2.75) is 6.92 Å². The number of amides is 2. The van der Waals surface area contributed by atoms with E-state index in [9.17, 15) is 9.59 Å². The van der Waals surface area contributed by atoms with Gasteiger partial charge in [-0.25, -0.2) is 0 Å². The highest BCUT2D eigenvalue weighted by Gasteiger charge is 2.09. The van der Waals surface area contributed by atoms with E-state index in [1.165, 1.54) is 0 Å². The van der Waals surface area contributed by atoms with E-state index in [2.05, 4.69) is 10.6 Å². The number of benzene rings is 3. The van der Waals surface area contributed by atoms with Crippen LogP contribution in [0.25, 0.3) is 10.8 Å². The zero-order valence-corrected chi connectivity index (χ0v) is 14.1. The molecule has 2 N–H and O–H groups in total. The van der Waals surface area contributed by atoms with Gasteiger partial charge in [-0.1, -0.05) is 54.1 Å². The Morgan fingerprint density at radius 1 is 0.800 bits per heavy atom. The van der Waals surface area contributed by atoms with Crippen LogP contribution in [0.5, 0.6) is 0 Å². The Balaban J connectivity index is 1.55. The Labute approximate surface area is 146 Å². The Hall–Kier alpha value is -3.14. The SMILES string of the molecule is Cc1cccc(C(=O)NCCNC(=O)c2cccc3ccccc23)c1. The molecule has 2 amide bonds. The molecule has 0 unspecified atom stereocenters. The van der Waals surface area contributed by atoms with Crippen molar-refractivity contribution in [3.63, 3.8) is 0 Å². The topological polar surface area (TPSA) is 58.2 Å². The second-order valence-corrected chi connectivity index (χ2v) is 5.91. The molecule has 0 fully saturated rings. The summed E-state index contributed by atoms with van der Waals surface area (Å²) in [7, 11) is 0. The zero-order chi connectivity index (χ0) is 17.6. The van der Waals surface area contributed by atoms with E-state index >= 15 is 0 Å². The van der Waals surface area contributed by atoms with Crippen LogP contribution in [-0.2, 0) is 0 Å². The van der Waals surface area contributed by atoms with Gasteiger partial charge < -0.3 is 10.6 Å². The second-order valence-electron chi connectivity index (χ2n) is 5.91. The minimum Gasteiger partial charge on any atom is -0.350 e. The first kappa shape index (κ1) is 16.7. The molecular formula is C21H20N2O2. The lowest BCUT2D eigenvalue weighted by molar-refractivity contribution is 0.0928. The van der Waals surface area contributed by atoms with Crippen LogP contribution in [0.3, 0.4) is 0 Å². The molecule has 0 heterocycles. The highest BCUT2D eigenvalue weighted by Crippen LogP contribution is 2.18. The Kier molecular flexibility index (Phi) is 5.09. The molecule has 4 heteroatoms. The molecule has 0 aliphatic heterocycles. The first-order valence-electron chi connectivity index (χ1n) is 8.26. The maximum Gasteiger partial charge on any atom is 0.251 e. The lowest BCUT2D eigenvalue weighted by atomic mass is 10.0. The van der Waals surface area contributed by atoms with Gasteiger partial charge in [-0.05, 0) is 35.9 Å².